The van der Waals surface area contributed by atoms with Crippen LogP contribution in [-0.4, -0.2) is 30.0 Å². The molecule has 0 saturated carbocycles. The highest BCUT2D eigenvalue weighted by molar-refractivity contribution is 14.1. The van der Waals surface area contributed by atoms with E-state index in [0.29, 0.717) is 30.3 Å². The highest BCUT2D eigenvalue weighted by Crippen LogP contribution is 2.36. The van der Waals surface area contributed by atoms with Gasteiger partial charge in [0.05, 0.1) is 25.7 Å². The molecule has 10 heteroatoms. The van der Waals surface area contributed by atoms with E-state index in [1.165, 1.54) is 24.3 Å². The maximum atomic E-state index is 12.4. The molecular weight excluding hydrogens is 551 g/mol. The molecule has 0 N–H and O–H groups in total. The van der Waals surface area contributed by atoms with Gasteiger partial charge in [-0.15, -0.1) is 0 Å². The summed E-state index contributed by atoms with van der Waals surface area (Å²) in [5.41, 5.74) is 1.50. The summed E-state index contributed by atoms with van der Waals surface area (Å²) in [5, 5.41) is 11.2. The minimum Gasteiger partial charge on any atom is -0.490 e. The first-order chi connectivity index (χ1) is 15.2. The molecule has 8 nitrogen and oxygen atoms in total. The van der Waals surface area contributed by atoms with Gasteiger partial charge in [-0.05, 0) is 71.9 Å². The Morgan fingerprint density at radius 3 is 2.75 bits per heavy atom. The smallest absolute Gasteiger partial charge is 0.363 e. The first kappa shape index (κ1) is 23.7. The van der Waals surface area contributed by atoms with Crippen molar-refractivity contribution in [3.8, 4) is 11.5 Å². The number of nitrogens with zero attached hydrogens (tertiary/aromatic N) is 2. The van der Waals surface area contributed by atoms with Crippen LogP contribution in [0.25, 0.3) is 6.08 Å². The Kier molecular flexibility index (Phi) is 7.52. The number of ether oxygens (including phenoxy) is 3. The van der Waals surface area contributed by atoms with Gasteiger partial charge in [-0.3, -0.25) is 10.1 Å². The first-order valence-electron chi connectivity index (χ1n) is 9.40. The molecule has 2 aromatic carbocycles. The summed E-state index contributed by atoms with van der Waals surface area (Å²) in [6, 6.07) is 7.36. The highest BCUT2D eigenvalue weighted by atomic mass is 127. The molecule has 1 aliphatic heterocycles. The van der Waals surface area contributed by atoms with E-state index in [-0.39, 0.29) is 27.9 Å². The molecule has 0 radical (unpaired) electrons. The lowest BCUT2D eigenvalue weighted by Crippen LogP contribution is -2.06. The summed E-state index contributed by atoms with van der Waals surface area (Å²) in [7, 11) is 0. The minimum absolute atomic E-state index is 0.0245. The molecule has 2 aromatic rings. The van der Waals surface area contributed by atoms with Gasteiger partial charge in [0.2, 0.25) is 5.90 Å². The fourth-order valence-electron chi connectivity index (χ4n) is 2.74. The topological polar surface area (TPSA) is 100 Å². The van der Waals surface area contributed by atoms with Gasteiger partial charge in [-0.25, -0.2) is 9.79 Å². The second kappa shape index (κ2) is 10.1. The third-order valence-corrected chi connectivity index (χ3v) is 5.24. The standard InChI is InChI=1S/C22H18ClIN2O6/c1-4-30-19-9-13(7-17(24)20(19)31-11-12(2)3)8-18-22(27)32-21(25-18)15-10-14(26(28)29)5-6-16(15)23/h5-10H,2,4,11H2,1,3H3. The van der Waals surface area contributed by atoms with Crippen molar-refractivity contribution in [2.45, 2.75) is 13.8 Å². The Labute approximate surface area is 202 Å². The predicted molar refractivity (Wildman–Crippen MR) is 129 cm³/mol. The van der Waals surface area contributed by atoms with Gasteiger partial charge in [-0.1, -0.05) is 18.2 Å². The number of halogens is 2. The predicted octanol–water partition coefficient (Wildman–Crippen LogP) is 5.55. The van der Waals surface area contributed by atoms with Crippen molar-refractivity contribution in [3.63, 3.8) is 0 Å². The van der Waals surface area contributed by atoms with E-state index in [1.54, 1.807) is 6.07 Å². The molecule has 0 bridgehead atoms. The summed E-state index contributed by atoms with van der Waals surface area (Å²) < 4.78 is 17.5. The zero-order valence-electron chi connectivity index (χ0n) is 17.2. The van der Waals surface area contributed by atoms with Gasteiger partial charge >= 0.3 is 5.97 Å². The van der Waals surface area contributed by atoms with Crippen LogP contribution in [0.15, 0.2) is 53.2 Å². The number of aliphatic imine (C=N–C) groups is 1. The molecule has 0 unspecified atom stereocenters. The van der Waals surface area contributed by atoms with Gasteiger partial charge < -0.3 is 14.2 Å². The minimum atomic E-state index is -0.696. The van der Waals surface area contributed by atoms with E-state index in [0.717, 1.165) is 9.14 Å². The van der Waals surface area contributed by atoms with Crippen LogP contribution in [0, 0.1) is 13.7 Å². The number of carbonyl (C=O) groups is 1. The third-order valence-electron chi connectivity index (χ3n) is 4.11. The Balaban J connectivity index is 1.98. The molecule has 3 rings (SSSR count). The monoisotopic (exact) mass is 568 g/mol. The van der Waals surface area contributed by atoms with Gasteiger partial charge in [0, 0.05) is 12.1 Å². The van der Waals surface area contributed by atoms with Crippen molar-refractivity contribution < 1.29 is 23.9 Å². The number of hydrogen-bond acceptors (Lipinski definition) is 7. The van der Waals surface area contributed by atoms with E-state index in [4.69, 9.17) is 25.8 Å². The van der Waals surface area contributed by atoms with Gasteiger partial charge in [0.1, 0.15) is 6.61 Å². The molecule has 0 atom stereocenters. The SMILES string of the molecule is C=C(C)COc1c(I)cc(C=C2N=C(c3cc([N+](=O)[O-])ccc3Cl)OC2=O)cc1OCC. The zero-order chi connectivity index (χ0) is 23.4. The maximum Gasteiger partial charge on any atom is 0.363 e. The first-order valence-corrected chi connectivity index (χ1v) is 10.9. The number of nitro benzene ring substituents is 1. The van der Waals surface area contributed by atoms with Crippen LogP contribution in [0.4, 0.5) is 5.69 Å². The van der Waals surface area contributed by atoms with E-state index in [2.05, 4.69) is 34.2 Å². The van der Waals surface area contributed by atoms with Crippen LogP contribution < -0.4 is 9.47 Å². The fourth-order valence-corrected chi connectivity index (χ4v) is 3.72. The molecule has 1 heterocycles. The van der Waals surface area contributed by atoms with Crippen LogP contribution in [0.1, 0.15) is 25.0 Å². The van der Waals surface area contributed by atoms with Crippen molar-refractivity contribution in [1.82, 2.24) is 0 Å². The van der Waals surface area contributed by atoms with Crippen molar-refractivity contribution >= 4 is 57.8 Å². The average molecular weight is 569 g/mol. The van der Waals surface area contributed by atoms with Crippen molar-refractivity contribution in [1.29, 1.82) is 0 Å². The Hall–Kier alpha value is -2.92. The molecule has 0 fully saturated rings. The molecule has 0 spiro atoms. The summed E-state index contributed by atoms with van der Waals surface area (Å²) in [6.45, 7) is 8.32. The lowest BCUT2D eigenvalue weighted by molar-refractivity contribution is -0.384. The van der Waals surface area contributed by atoms with Crippen molar-refractivity contribution in [3.05, 3.63) is 78.0 Å². The quantitative estimate of drug-likeness (QED) is 0.103. The largest absolute Gasteiger partial charge is 0.490 e. The highest BCUT2D eigenvalue weighted by Gasteiger charge is 2.27. The Morgan fingerprint density at radius 1 is 1.34 bits per heavy atom. The fraction of sp³-hybridized carbons (Fsp3) is 0.182. The number of non-ortho nitro benzene ring substituents is 1. The number of cyclic esters (lactones) is 1. The van der Waals surface area contributed by atoms with Gasteiger partial charge in [-0.2, -0.15) is 0 Å². The molecule has 32 heavy (non-hydrogen) atoms. The molecule has 0 amide bonds. The zero-order valence-corrected chi connectivity index (χ0v) is 20.1. The summed E-state index contributed by atoms with van der Waals surface area (Å²) >= 11 is 8.25. The van der Waals surface area contributed by atoms with Gasteiger partial charge in [0.15, 0.2) is 17.2 Å². The molecular formula is C22H18ClIN2O6. The van der Waals surface area contributed by atoms with Gasteiger partial charge in [0.25, 0.3) is 5.69 Å². The Morgan fingerprint density at radius 2 is 2.09 bits per heavy atom. The molecule has 0 aliphatic carbocycles. The number of hydrogen-bond donors (Lipinski definition) is 0. The average Bonchev–Trinajstić information content (AvgIpc) is 3.07. The van der Waals surface area contributed by atoms with Crippen LogP contribution in [-0.2, 0) is 9.53 Å². The normalized spacial score (nSPS) is 14.2. The third kappa shape index (κ3) is 5.46. The lowest BCUT2D eigenvalue weighted by atomic mass is 10.1. The van der Waals surface area contributed by atoms with Crippen molar-refractivity contribution in [2.75, 3.05) is 13.2 Å². The molecule has 1 aliphatic rings. The van der Waals surface area contributed by atoms with Crippen LogP contribution >= 0.6 is 34.2 Å². The number of carbonyl (C=O) groups excluding carboxylic acids is 1. The lowest BCUT2D eigenvalue weighted by Gasteiger charge is -2.14. The summed E-state index contributed by atoms with van der Waals surface area (Å²) in [5.74, 6) is 0.304. The van der Waals surface area contributed by atoms with E-state index in [1.807, 2.05) is 19.9 Å². The van der Waals surface area contributed by atoms with Crippen LogP contribution in [0.5, 0.6) is 11.5 Å². The van der Waals surface area contributed by atoms with Crippen LogP contribution in [0.2, 0.25) is 5.02 Å². The van der Waals surface area contributed by atoms with Crippen molar-refractivity contribution in [2.24, 2.45) is 4.99 Å². The Bertz CT molecular complexity index is 1180. The number of benzene rings is 2. The van der Waals surface area contributed by atoms with E-state index in [9.17, 15) is 14.9 Å². The summed E-state index contributed by atoms with van der Waals surface area (Å²) in [4.78, 5) is 27.1. The number of esters is 1. The second-order valence-electron chi connectivity index (χ2n) is 6.77. The molecule has 0 aromatic heterocycles. The molecule has 166 valence electrons. The van der Waals surface area contributed by atoms with Crippen LogP contribution in [0.3, 0.4) is 0 Å². The van der Waals surface area contributed by atoms with E-state index >= 15 is 0 Å². The van der Waals surface area contributed by atoms with E-state index < -0.39 is 10.9 Å². The maximum absolute atomic E-state index is 12.4. The number of nitro groups is 1. The number of rotatable bonds is 8. The second-order valence-corrected chi connectivity index (χ2v) is 8.34. The summed E-state index contributed by atoms with van der Waals surface area (Å²) in [6.07, 6.45) is 1.54. The molecule has 0 saturated heterocycles.